The van der Waals surface area contributed by atoms with Crippen LogP contribution in [0.3, 0.4) is 0 Å². The average molecular weight is 495 g/mol. The molecule has 2 fully saturated rings. The van der Waals surface area contributed by atoms with E-state index >= 15 is 0 Å². The number of aromatic nitrogens is 2. The van der Waals surface area contributed by atoms with Gasteiger partial charge in [-0.1, -0.05) is 13.8 Å². The molecule has 3 atom stereocenters. The Labute approximate surface area is 210 Å². The Bertz CT molecular complexity index is 793. The van der Waals surface area contributed by atoms with Crippen molar-refractivity contribution < 1.29 is 24.1 Å². The van der Waals surface area contributed by atoms with Crippen LogP contribution >= 0.6 is 0 Å². The molecule has 0 aromatic carbocycles. The Balaban J connectivity index is 1.75. The van der Waals surface area contributed by atoms with Crippen molar-refractivity contribution in [3.05, 3.63) is 17.5 Å². The molecule has 0 bridgehead atoms. The first kappa shape index (κ1) is 27.9. The minimum atomic E-state index is -0.898. The predicted molar refractivity (Wildman–Crippen MR) is 135 cm³/mol. The average Bonchev–Trinajstić information content (AvgIpc) is 3.25. The molecule has 35 heavy (non-hydrogen) atoms. The van der Waals surface area contributed by atoms with Crippen molar-refractivity contribution in [2.75, 3.05) is 60.7 Å². The molecule has 3 rings (SSSR count). The molecule has 1 N–H and O–H groups in total. The first-order valence-corrected chi connectivity index (χ1v) is 13.1. The van der Waals surface area contributed by atoms with Crippen LogP contribution in [0, 0.1) is 11.3 Å². The van der Waals surface area contributed by atoms with Crippen molar-refractivity contribution in [3.63, 3.8) is 0 Å². The second kappa shape index (κ2) is 13.0. The Hall–Kier alpha value is -1.68. The van der Waals surface area contributed by atoms with Crippen LogP contribution in [0.15, 0.2) is 6.20 Å². The van der Waals surface area contributed by atoms with E-state index in [0.29, 0.717) is 38.1 Å². The van der Waals surface area contributed by atoms with Gasteiger partial charge < -0.3 is 29.1 Å². The maximum absolute atomic E-state index is 11.2. The number of hydrogen-bond donors (Lipinski definition) is 1. The third-order valence-corrected chi connectivity index (χ3v) is 7.82. The smallest absolute Gasteiger partial charge is 0.407 e. The van der Waals surface area contributed by atoms with Crippen LogP contribution in [0.5, 0.6) is 0 Å². The summed E-state index contributed by atoms with van der Waals surface area (Å²) >= 11 is 0. The molecule has 1 amide bonds. The summed E-state index contributed by atoms with van der Waals surface area (Å²) in [5.74, 6) is 0.845. The highest BCUT2D eigenvalue weighted by molar-refractivity contribution is 5.64. The second-order valence-corrected chi connectivity index (χ2v) is 11.0. The van der Waals surface area contributed by atoms with Crippen LogP contribution in [0.25, 0.3) is 0 Å². The van der Waals surface area contributed by atoms with Crippen LogP contribution in [-0.2, 0) is 20.8 Å². The van der Waals surface area contributed by atoms with Gasteiger partial charge in [0.1, 0.15) is 6.23 Å². The lowest BCUT2D eigenvalue weighted by Crippen LogP contribution is -2.35. The van der Waals surface area contributed by atoms with Crippen LogP contribution in [0.4, 0.5) is 4.79 Å². The number of methoxy groups -OCH3 is 1. The second-order valence-electron chi connectivity index (χ2n) is 11.0. The molecule has 1 saturated carbocycles. The fourth-order valence-electron chi connectivity index (χ4n) is 5.22. The highest BCUT2D eigenvalue weighted by Crippen LogP contribution is 2.47. The molecule has 200 valence electrons. The highest BCUT2D eigenvalue weighted by atomic mass is 16.5. The van der Waals surface area contributed by atoms with Gasteiger partial charge in [0.15, 0.2) is 0 Å². The highest BCUT2D eigenvalue weighted by Gasteiger charge is 2.38. The molecule has 1 aliphatic heterocycles. The molecule has 0 spiro atoms. The molecule has 1 saturated heterocycles. The van der Waals surface area contributed by atoms with Gasteiger partial charge in [0.2, 0.25) is 0 Å². The first-order valence-electron chi connectivity index (χ1n) is 13.1. The lowest BCUT2D eigenvalue weighted by Gasteiger charge is -2.42. The van der Waals surface area contributed by atoms with Crippen LogP contribution < -0.4 is 0 Å². The summed E-state index contributed by atoms with van der Waals surface area (Å²) < 4.78 is 19.2. The quantitative estimate of drug-likeness (QED) is 0.436. The molecule has 2 aliphatic rings. The van der Waals surface area contributed by atoms with E-state index in [1.54, 1.807) is 14.2 Å². The zero-order valence-corrected chi connectivity index (χ0v) is 22.4. The lowest BCUT2D eigenvalue weighted by atomic mass is 9.65. The van der Waals surface area contributed by atoms with E-state index in [-0.39, 0.29) is 11.6 Å². The maximum Gasteiger partial charge on any atom is 0.407 e. The van der Waals surface area contributed by atoms with Gasteiger partial charge in [0.05, 0.1) is 25.5 Å². The van der Waals surface area contributed by atoms with E-state index in [9.17, 15) is 4.79 Å². The minimum Gasteiger partial charge on any atom is -0.465 e. The van der Waals surface area contributed by atoms with E-state index in [2.05, 4.69) is 24.9 Å². The first-order chi connectivity index (χ1) is 16.7. The van der Waals surface area contributed by atoms with Crippen molar-refractivity contribution >= 4 is 6.09 Å². The number of rotatable bonds is 12. The number of ether oxygens (including phenoxy) is 3. The van der Waals surface area contributed by atoms with Crippen molar-refractivity contribution in [1.29, 1.82) is 0 Å². The lowest BCUT2D eigenvalue weighted by molar-refractivity contribution is -0.0400. The number of likely N-dealkylation sites (N-methyl/N-ethyl adjacent to an activating group) is 2. The molecule has 9 heteroatoms. The number of carboxylic acid groups (broad SMARTS) is 1. The summed E-state index contributed by atoms with van der Waals surface area (Å²) in [6, 6.07) is 0. The van der Waals surface area contributed by atoms with Gasteiger partial charge >= 0.3 is 6.09 Å². The largest absolute Gasteiger partial charge is 0.465 e. The third kappa shape index (κ3) is 7.90. The minimum absolute atomic E-state index is 0.00732. The number of amides is 1. The molecule has 9 nitrogen and oxygen atoms in total. The zero-order valence-electron chi connectivity index (χ0n) is 22.4. The Morgan fingerprint density at radius 2 is 2.06 bits per heavy atom. The van der Waals surface area contributed by atoms with Crippen molar-refractivity contribution in [1.82, 2.24) is 19.6 Å². The van der Waals surface area contributed by atoms with Gasteiger partial charge in [0.25, 0.3) is 0 Å². The zero-order chi connectivity index (χ0) is 25.4. The van der Waals surface area contributed by atoms with Crippen molar-refractivity contribution in [3.8, 4) is 0 Å². The third-order valence-electron chi connectivity index (χ3n) is 7.82. The van der Waals surface area contributed by atoms with Gasteiger partial charge in [0, 0.05) is 58.1 Å². The van der Waals surface area contributed by atoms with Crippen molar-refractivity contribution in [2.24, 2.45) is 11.3 Å². The van der Waals surface area contributed by atoms with E-state index in [1.807, 2.05) is 11.7 Å². The van der Waals surface area contributed by atoms with E-state index in [4.69, 9.17) is 24.4 Å². The summed E-state index contributed by atoms with van der Waals surface area (Å²) in [7, 11) is 5.36. The van der Waals surface area contributed by atoms with E-state index < -0.39 is 6.09 Å². The Morgan fingerprint density at radius 1 is 1.26 bits per heavy atom. The molecular weight excluding hydrogens is 448 g/mol. The van der Waals surface area contributed by atoms with Gasteiger partial charge in [-0.05, 0) is 56.9 Å². The molecular formula is C26H46N4O5. The number of hydrogen-bond acceptors (Lipinski definition) is 6. The molecule has 0 radical (unpaired) electrons. The van der Waals surface area contributed by atoms with Crippen LogP contribution in [0.1, 0.15) is 75.8 Å². The summed E-state index contributed by atoms with van der Waals surface area (Å²) in [4.78, 5) is 14.7. The fourth-order valence-corrected chi connectivity index (χ4v) is 5.22. The monoisotopic (exact) mass is 494 g/mol. The van der Waals surface area contributed by atoms with Gasteiger partial charge in [-0.25, -0.2) is 9.48 Å². The predicted octanol–water partition coefficient (Wildman–Crippen LogP) is 4.20. The molecule has 1 aromatic rings. The molecule has 2 unspecified atom stereocenters. The maximum atomic E-state index is 11.2. The van der Waals surface area contributed by atoms with Gasteiger partial charge in [-0.3, -0.25) is 0 Å². The number of carbonyl (C=O) groups is 1. The number of nitrogens with zero attached hydrogens (tertiary/aromatic N) is 4. The summed E-state index contributed by atoms with van der Waals surface area (Å²) in [6.45, 7) is 9.37. The van der Waals surface area contributed by atoms with Crippen molar-refractivity contribution in [2.45, 2.75) is 71.1 Å². The molecule has 1 aliphatic carbocycles. The van der Waals surface area contributed by atoms with Gasteiger partial charge in [-0.2, -0.15) is 5.10 Å². The fraction of sp³-hybridized carbons (Fsp3) is 0.846. The standard InChI is InChI=1S/C26H46N4O5/c1-26(2)10-9-20(16-22(26)19-34-15-14-33-5)24-21(17-28(3)11-12-29(4)25(31)32)18-30(27-24)23-8-6-7-13-35-23/h18,20,22-23H,6-17,19H2,1-5H3,(H,31,32)/t20?,22-,23?/m0/s1. The Morgan fingerprint density at radius 3 is 2.74 bits per heavy atom. The van der Waals surface area contributed by atoms with E-state index in [0.717, 1.165) is 58.3 Å². The Kier molecular flexibility index (Phi) is 10.4. The normalized spacial score (nSPS) is 24.6. The molecule has 1 aromatic heterocycles. The van der Waals surface area contributed by atoms with Crippen LogP contribution in [0.2, 0.25) is 0 Å². The van der Waals surface area contributed by atoms with E-state index in [1.165, 1.54) is 16.2 Å². The summed E-state index contributed by atoms with van der Waals surface area (Å²) in [5.41, 5.74) is 2.63. The summed E-state index contributed by atoms with van der Waals surface area (Å²) in [6.07, 6.45) is 7.86. The summed E-state index contributed by atoms with van der Waals surface area (Å²) in [5, 5.41) is 14.3. The SMILES string of the molecule is COCCOC[C@@H]1CC(c2nn(C3CCCCO3)cc2CN(C)CCN(C)C(=O)O)CCC1(C)C. The molecule has 2 heterocycles. The van der Waals surface area contributed by atoms with Crippen LogP contribution in [-0.4, -0.2) is 91.5 Å². The topological polar surface area (TPSA) is 89.3 Å². The van der Waals surface area contributed by atoms with Gasteiger partial charge in [-0.15, -0.1) is 0 Å².